The highest BCUT2D eigenvalue weighted by Gasteiger charge is 2.40. The van der Waals surface area contributed by atoms with Crippen molar-refractivity contribution < 1.29 is 41.0 Å². The lowest BCUT2D eigenvalue weighted by Gasteiger charge is -2.33. The first kappa shape index (κ1) is 26.5. The molecular weight excluding hydrogens is 504 g/mol. The molecule has 2 atom stereocenters. The number of halogens is 6. The van der Waals surface area contributed by atoms with Crippen LogP contribution in [0.2, 0.25) is 0 Å². The van der Waals surface area contributed by atoms with Crippen molar-refractivity contribution in [3.63, 3.8) is 0 Å². The summed E-state index contributed by atoms with van der Waals surface area (Å²) >= 11 is 0. The fraction of sp³-hybridized carbons (Fsp3) is 0.400. The lowest BCUT2D eigenvalue weighted by molar-refractivity contribution is -0.140. The number of hydrogen-bond acceptors (Lipinski definition) is 3. The number of alkyl halides is 4. The average molecular weight is 527 g/mol. The molecule has 1 aromatic heterocycles. The second-order valence-electron chi connectivity index (χ2n) is 9.13. The smallest absolute Gasteiger partial charge is 0.311 e. The number of aliphatic carboxylic acids is 1. The van der Waals surface area contributed by atoms with Crippen molar-refractivity contribution in [2.24, 2.45) is 5.92 Å². The Hall–Kier alpha value is -3.57. The number of H-pyrrole nitrogens is 1. The van der Waals surface area contributed by atoms with Crippen LogP contribution in [0.5, 0.6) is 0 Å². The molecule has 1 amide bonds. The van der Waals surface area contributed by atoms with E-state index in [1.165, 1.54) is 24.3 Å². The van der Waals surface area contributed by atoms with Crippen LogP contribution < -0.4 is 5.32 Å². The molecule has 3 aromatic rings. The van der Waals surface area contributed by atoms with Crippen LogP contribution in [0.25, 0.3) is 11.0 Å². The molecule has 1 aliphatic rings. The monoisotopic (exact) mass is 527 g/mol. The highest BCUT2D eigenvalue weighted by molar-refractivity contribution is 5.94. The molecule has 12 heteroatoms. The van der Waals surface area contributed by atoms with E-state index < -0.39 is 78.6 Å². The van der Waals surface area contributed by atoms with Gasteiger partial charge in [-0.15, -0.1) is 0 Å². The Morgan fingerprint density at radius 2 is 1.78 bits per heavy atom. The van der Waals surface area contributed by atoms with Gasteiger partial charge >= 0.3 is 5.97 Å². The first-order chi connectivity index (χ1) is 17.5. The lowest BCUT2D eigenvalue weighted by Crippen LogP contribution is -2.38. The van der Waals surface area contributed by atoms with E-state index in [2.05, 4.69) is 15.3 Å². The van der Waals surface area contributed by atoms with E-state index in [-0.39, 0.29) is 35.3 Å². The van der Waals surface area contributed by atoms with E-state index in [1.807, 2.05) is 0 Å². The summed E-state index contributed by atoms with van der Waals surface area (Å²) in [7, 11) is 0. The Labute approximate surface area is 207 Å². The van der Waals surface area contributed by atoms with Crippen LogP contribution in [0.4, 0.5) is 26.3 Å². The number of nitrogens with one attached hydrogen (secondary N) is 2. The molecule has 1 saturated carbocycles. The van der Waals surface area contributed by atoms with E-state index >= 15 is 4.39 Å². The molecule has 2 unspecified atom stereocenters. The van der Waals surface area contributed by atoms with Crippen LogP contribution >= 0.6 is 0 Å². The summed E-state index contributed by atoms with van der Waals surface area (Å²) in [5.74, 6) is -9.63. The van der Waals surface area contributed by atoms with Crippen LogP contribution in [-0.2, 0) is 4.79 Å². The molecule has 198 valence electrons. The fourth-order valence-corrected chi connectivity index (χ4v) is 4.70. The number of nitrogens with zero attached hydrogens (tertiary/aromatic N) is 1. The SMILES string of the molecule is O=C(NC(c1nc2c(F)c(C(CC(F)F)C(=O)O)ccc2[nH]1)C1CCC(F)(F)CC1)c1ccccc1F. The molecular formula is C25H23F6N3O3. The molecule has 3 N–H and O–H groups in total. The third-order valence-electron chi connectivity index (χ3n) is 6.66. The maximum absolute atomic E-state index is 15.3. The van der Waals surface area contributed by atoms with Gasteiger partial charge in [-0.2, -0.15) is 0 Å². The van der Waals surface area contributed by atoms with Gasteiger partial charge < -0.3 is 15.4 Å². The summed E-state index contributed by atoms with van der Waals surface area (Å²) in [5.41, 5.74) is -1.03. The fourth-order valence-electron chi connectivity index (χ4n) is 4.70. The predicted octanol–water partition coefficient (Wildman–Crippen LogP) is 5.96. The number of carbonyl (C=O) groups is 2. The minimum Gasteiger partial charge on any atom is -0.481 e. The summed E-state index contributed by atoms with van der Waals surface area (Å²) in [4.78, 5) is 31.4. The second-order valence-corrected chi connectivity index (χ2v) is 9.13. The predicted molar refractivity (Wildman–Crippen MR) is 121 cm³/mol. The maximum Gasteiger partial charge on any atom is 0.311 e. The number of imidazole rings is 1. The molecule has 6 nitrogen and oxygen atoms in total. The quantitative estimate of drug-likeness (QED) is 0.315. The van der Waals surface area contributed by atoms with Crippen molar-refractivity contribution in [3.05, 3.63) is 65.0 Å². The zero-order valence-corrected chi connectivity index (χ0v) is 19.3. The van der Waals surface area contributed by atoms with Crippen molar-refractivity contribution in [2.45, 2.75) is 56.4 Å². The number of amides is 1. The van der Waals surface area contributed by atoms with Gasteiger partial charge in [-0.25, -0.2) is 31.3 Å². The van der Waals surface area contributed by atoms with E-state index in [1.54, 1.807) is 0 Å². The summed E-state index contributed by atoms with van der Waals surface area (Å²) < 4.78 is 82.9. The Kier molecular flexibility index (Phi) is 7.47. The molecule has 1 fully saturated rings. The molecule has 0 saturated heterocycles. The van der Waals surface area contributed by atoms with Gasteiger partial charge in [-0.1, -0.05) is 18.2 Å². The van der Waals surface area contributed by atoms with Crippen molar-refractivity contribution >= 4 is 22.9 Å². The minimum absolute atomic E-state index is 0.00449. The van der Waals surface area contributed by atoms with Gasteiger partial charge in [0, 0.05) is 24.8 Å². The van der Waals surface area contributed by atoms with Gasteiger partial charge in [0.15, 0.2) is 5.82 Å². The first-order valence-electron chi connectivity index (χ1n) is 11.6. The molecule has 4 rings (SSSR count). The van der Waals surface area contributed by atoms with Crippen molar-refractivity contribution in [2.75, 3.05) is 0 Å². The third kappa shape index (κ3) is 5.72. The summed E-state index contributed by atoms with van der Waals surface area (Å²) in [6.07, 6.45) is -5.00. The van der Waals surface area contributed by atoms with Gasteiger partial charge in [0.05, 0.1) is 23.0 Å². The molecule has 37 heavy (non-hydrogen) atoms. The Morgan fingerprint density at radius 1 is 1.11 bits per heavy atom. The lowest BCUT2D eigenvalue weighted by atomic mass is 9.81. The normalized spacial score (nSPS) is 17.6. The highest BCUT2D eigenvalue weighted by Crippen LogP contribution is 2.41. The number of carboxylic acid groups (broad SMARTS) is 1. The van der Waals surface area contributed by atoms with Crippen molar-refractivity contribution in [1.82, 2.24) is 15.3 Å². The maximum atomic E-state index is 15.3. The molecule has 1 heterocycles. The summed E-state index contributed by atoms with van der Waals surface area (Å²) in [6, 6.07) is 6.48. The van der Waals surface area contributed by atoms with Crippen molar-refractivity contribution in [3.8, 4) is 0 Å². The Morgan fingerprint density at radius 3 is 2.41 bits per heavy atom. The molecule has 0 spiro atoms. The van der Waals surface area contributed by atoms with Crippen LogP contribution in [-0.4, -0.2) is 39.3 Å². The standard InChI is InChI=1S/C25H23F6N3O3/c26-16-4-2-1-3-14(16)23(35)34-20(12-7-9-25(30,31)10-8-12)22-32-17-6-5-13(19(29)21(17)33-22)15(24(36)37)11-18(27)28/h1-6,12,15,18,20H,7-11H2,(H,32,33)(H,34,35)(H,36,37). The second kappa shape index (κ2) is 10.4. The first-order valence-corrected chi connectivity index (χ1v) is 11.6. The van der Waals surface area contributed by atoms with Gasteiger partial charge in [0.2, 0.25) is 12.3 Å². The van der Waals surface area contributed by atoms with Gasteiger partial charge in [-0.05, 0) is 37.0 Å². The summed E-state index contributed by atoms with van der Waals surface area (Å²) in [6.45, 7) is 0. The van der Waals surface area contributed by atoms with Crippen LogP contribution in [0, 0.1) is 17.6 Å². The topological polar surface area (TPSA) is 95.1 Å². The molecule has 2 aromatic carbocycles. The number of aromatic amines is 1. The zero-order valence-electron chi connectivity index (χ0n) is 19.3. The van der Waals surface area contributed by atoms with Gasteiger partial charge in [0.25, 0.3) is 5.91 Å². The number of fused-ring (bicyclic) bond motifs is 1. The number of aromatic nitrogens is 2. The number of hydrogen-bond donors (Lipinski definition) is 3. The van der Waals surface area contributed by atoms with Crippen LogP contribution in [0.3, 0.4) is 0 Å². The largest absolute Gasteiger partial charge is 0.481 e. The van der Waals surface area contributed by atoms with E-state index in [4.69, 9.17) is 0 Å². The Balaban J connectivity index is 1.72. The van der Waals surface area contributed by atoms with Gasteiger partial charge in [-0.3, -0.25) is 9.59 Å². The number of carboxylic acids is 1. The minimum atomic E-state index is -2.99. The number of carbonyl (C=O) groups excluding carboxylic acids is 1. The summed E-state index contributed by atoms with van der Waals surface area (Å²) in [5, 5.41) is 12.0. The van der Waals surface area contributed by atoms with E-state index in [9.17, 15) is 36.6 Å². The molecule has 0 radical (unpaired) electrons. The Bertz CT molecular complexity index is 1300. The number of benzene rings is 2. The van der Waals surface area contributed by atoms with Crippen LogP contribution in [0.15, 0.2) is 36.4 Å². The molecule has 0 aliphatic heterocycles. The zero-order chi connectivity index (χ0) is 26.9. The highest BCUT2D eigenvalue weighted by atomic mass is 19.3. The van der Waals surface area contributed by atoms with Gasteiger partial charge in [0.1, 0.15) is 17.2 Å². The third-order valence-corrected chi connectivity index (χ3v) is 6.66. The van der Waals surface area contributed by atoms with Crippen molar-refractivity contribution in [1.29, 1.82) is 0 Å². The molecule has 1 aliphatic carbocycles. The van der Waals surface area contributed by atoms with Crippen LogP contribution in [0.1, 0.15) is 65.8 Å². The average Bonchev–Trinajstić information content (AvgIpc) is 3.27. The van der Waals surface area contributed by atoms with E-state index in [0.717, 1.165) is 12.1 Å². The molecule has 0 bridgehead atoms. The number of rotatable bonds is 8. The van der Waals surface area contributed by atoms with E-state index in [0.29, 0.717) is 0 Å².